The summed E-state index contributed by atoms with van der Waals surface area (Å²) in [5, 5.41) is 11.8. The Kier molecular flexibility index (Phi) is 5.06. The van der Waals surface area contributed by atoms with Gasteiger partial charge in [-0.05, 0) is 26.2 Å². The lowest BCUT2D eigenvalue weighted by atomic mass is 9.93. The van der Waals surface area contributed by atoms with Crippen LogP contribution in [-0.4, -0.2) is 53.2 Å². The third kappa shape index (κ3) is 2.98. The molecular weight excluding hydrogens is 236 g/mol. The standard InChI is InChI=1S/C11H22N4O3/c1-8(9(16)17)14-11(10(13)18)4-2-3-6-15(11)7-5-12/h8,14H,2-7,12H2,1H3,(H2,13,18)(H,16,17)/t8-,11?/m0/s1. The van der Waals surface area contributed by atoms with Crippen molar-refractivity contribution in [2.45, 2.75) is 37.9 Å². The number of piperidine rings is 1. The number of nitrogens with one attached hydrogen (secondary N) is 1. The Morgan fingerprint density at radius 2 is 2.17 bits per heavy atom. The molecule has 0 spiro atoms. The minimum absolute atomic E-state index is 0.401. The van der Waals surface area contributed by atoms with Crippen LogP contribution >= 0.6 is 0 Å². The van der Waals surface area contributed by atoms with Crippen molar-refractivity contribution in [1.29, 1.82) is 0 Å². The molecular formula is C11H22N4O3. The second kappa shape index (κ2) is 6.12. The highest BCUT2D eigenvalue weighted by atomic mass is 16.4. The zero-order valence-corrected chi connectivity index (χ0v) is 10.7. The van der Waals surface area contributed by atoms with Crippen LogP contribution in [0.15, 0.2) is 0 Å². The van der Waals surface area contributed by atoms with Gasteiger partial charge in [0.05, 0.1) is 0 Å². The van der Waals surface area contributed by atoms with Gasteiger partial charge in [0.2, 0.25) is 0 Å². The van der Waals surface area contributed by atoms with E-state index in [9.17, 15) is 9.59 Å². The number of primary amides is 1. The third-order valence-electron chi connectivity index (χ3n) is 3.39. The maximum Gasteiger partial charge on any atom is 0.320 e. The number of nitrogens with zero attached hydrogens (tertiary/aromatic N) is 1. The summed E-state index contributed by atoms with van der Waals surface area (Å²) in [7, 11) is 0. The summed E-state index contributed by atoms with van der Waals surface area (Å²) in [6, 6.07) is -0.837. The number of carboxylic acid groups (broad SMARTS) is 1. The van der Waals surface area contributed by atoms with Crippen LogP contribution in [0.25, 0.3) is 0 Å². The number of aliphatic carboxylic acids is 1. The fourth-order valence-corrected chi connectivity index (χ4v) is 2.42. The van der Waals surface area contributed by atoms with E-state index in [1.54, 1.807) is 0 Å². The van der Waals surface area contributed by atoms with Gasteiger partial charge >= 0.3 is 5.97 Å². The summed E-state index contributed by atoms with van der Waals surface area (Å²) >= 11 is 0. The minimum atomic E-state index is -1.09. The zero-order chi connectivity index (χ0) is 13.8. The maximum absolute atomic E-state index is 11.8. The van der Waals surface area contributed by atoms with Crippen molar-refractivity contribution >= 4 is 11.9 Å². The van der Waals surface area contributed by atoms with E-state index in [4.69, 9.17) is 16.6 Å². The van der Waals surface area contributed by atoms with Gasteiger partial charge in [-0.1, -0.05) is 0 Å². The molecule has 6 N–H and O–H groups in total. The summed E-state index contributed by atoms with van der Waals surface area (Å²) < 4.78 is 0. The van der Waals surface area contributed by atoms with Crippen molar-refractivity contribution in [3.8, 4) is 0 Å². The molecule has 104 valence electrons. The molecule has 18 heavy (non-hydrogen) atoms. The van der Waals surface area contributed by atoms with E-state index in [0.717, 1.165) is 12.8 Å². The first-order valence-electron chi connectivity index (χ1n) is 6.19. The molecule has 0 bridgehead atoms. The number of hydrogen-bond acceptors (Lipinski definition) is 5. The highest BCUT2D eigenvalue weighted by molar-refractivity contribution is 5.85. The van der Waals surface area contributed by atoms with E-state index in [0.29, 0.717) is 26.1 Å². The number of carbonyl (C=O) groups is 2. The number of nitrogens with two attached hydrogens (primary N) is 2. The van der Waals surface area contributed by atoms with E-state index in [1.165, 1.54) is 6.92 Å². The number of hydrogen-bond donors (Lipinski definition) is 4. The number of rotatable bonds is 6. The lowest BCUT2D eigenvalue weighted by Gasteiger charge is -2.46. The van der Waals surface area contributed by atoms with E-state index in [2.05, 4.69) is 5.32 Å². The average molecular weight is 258 g/mol. The molecule has 0 aromatic heterocycles. The molecule has 2 atom stereocenters. The van der Waals surface area contributed by atoms with Crippen LogP contribution in [0.5, 0.6) is 0 Å². The highest BCUT2D eigenvalue weighted by Gasteiger charge is 2.45. The van der Waals surface area contributed by atoms with Gasteiger partial charge in [-0.2, -0.15) is 0 Å². The summed E-state index contributed by atoms with van der Waals surface area (Å²) in [4.78, 5) is 24.6. The highest BCUT2D eigenvalue weighted by Crippen LogP contribution is 2.26. The SMILES string of the molecule is C[C@H](NC1(C(N)=O)CCCCN1CCN)C(=O)O. The molecule has 1 amide bonds. The molecule has 1 heterocycles. The molecule has 0 saturated carbocycles. The van der Waals surface area contributed by atoms with Crippen molar-refractivity contribution in [2.24, 2.45) is 11.5 Å². The molecule has 1 aliphatic rings. The van der Waals surface area contributed by atoms with E-state index in [-0.39, 0.29) is 0 Å². The van der Waals surface area contributed by atoms with Crippen LogP contribution in [-0.2, 0) is 9.59 Å². The number of carboxylic acids is 1. The van der Waals surface area contributed by atoms with Crippen molar-refractivity contribution in [1.82, 2.24) is 10.2 Å². The monoisotopic (exact) mass is 258 g/mol. The van der Waals surface area contributed by atoms with Crippen molar-refractivity contribution in [3.05, 3.63) is 0 Å². The normalized spacial score (nSPS) is 26.8. The van der Waals surface area contributed by atoms with E-state index >= 15 is 0 Å². The molecule has 0 radical (unpaired) electrons. The second-order valence-corrected chi connectivity index (χ2v) is 4.66. The number of carbonyl (C=O) groups excluding carboxylic acids is 1. The first kappa shape index (κ1) is 14.9. The molecule has 1 fully saturated rings. The smallest absolute Gasteiger partial charge is 0.320 e. The Bertz CT molecular complexity index is 321. The minimum Gasteiger partial charge on any atom is -0.480 e. The van der Waals surface area contributed by atoms with Crippen LogP contribution in [0, 0.1) is 0 Å². The molecule has 7 heteroatoms. The second-order valence-electron chi connectivity index (χ2n) is 4.66. The van der Waals surface area contributed by atoms with Gasteiger partial charge in [0.15, 0.2) is 5.66 Å². The average Bonchev–Trinajstić information content (AvgIpc) is 2.31. The third-order valence-corrected chi connectivity index (χ3v) is 3.39. The topological polar surface area (TPSA) is 122 Å². The first-order valence-corrected chi connectivity index (χ1v) is 6.19. The lowest BCUT2D eigenvalue weighted by molar-refractivity contribution is -0.144. The quantitative estimate of drug-likeness (QED) is 0.468. The van der Waals surface area contributed by atoms with E-state index < -0.39 is 23.6 Å². The number of likely N-dealkylation sites (tertiary alicyclic amines) is 1. The summed E-state index contributed by atoms with van der Waals surface area (Å²) in [6.45, 7) is 3.11. The van der Waals surface area contributed by atoms with Crippen LogP contribution in [0.4, 0.5) is 0 Å². The summed E-state index contributed by atoms with van der Waals surface area (Å²) in [6.07, 6.45) is 2.31. The number of amides is 1. The maximum atomic E-state index is 11.8. The summed E-state index contributed by atoms with van der Waals surface area (Å²) in [5.74, 6) is -1.54. The van der Waals surface area contributed by atoms with Gasteiger partial charge in [0, 0.05) is 19.6 Å². The molecule has 1 rings (SSSR count). The van der Waals surface area contributed by atoms with E-state index in [1.807, 2.05) is 4.90 Å². The van der Waals surface area contributed by atoms with Crippen LogP contribution in [0.1, 0.15) is 26.2 Å². The fraction of sp³-hybridized carbons (Fsp3) is 0.818. The van der Waals surface area contributed by atoms with Gasteiger partial charge in [0.1, 0.15) is 6.04 Å². The van der Waals surface area contributed by atoms with Crippen LogP contribution in [0.3, 0.4) is 0 Å². The van der Waals surface area contributed by atoms with Gasteiger partial charge in [-0.25, -0.2) is 0 Å². The Morgan fingerprint density at radius 1 is 1.50 bits per heavy atom. The van der Waals surface area contributed by atoms with Crippen LogP contribution < -0.4 is 16.8 Å². The molecule has 1 saturated heterocycles. The molecule has 1 aliphatic heterocycles. The lowest BCUT2D eigenvalue weighted by Crippen LogP contribution is -2.70. The predicted molar refractivity (Wildman–Crippen MR) is 66.6 cm³/mol. The van der Waals surface area contributed by atoms with Crippen molar-refractivity contribution < 1.29 is 14.7 Å². The Hall–Kier alpha value is -1.18. The molecule has 0 aromatic carbocycles. The first-order chi connectivity index (χ1) is 8.44. The predicted octanol–water partition coefficient (Wildman–Crippen LogP) is -1.32. The van der Waals surface area contributed by atoms with Gasteiger partial charge in [0.25, 0.3) is 5.91 Å². The Labute approximate surface area is 106 Å². The largest absolute Gasteiger partial charge is 0.480 e. The Balaban J connectivity index is 2.94. The Morgan fingerprint density at radius 3 is 2.67 bits per heavy atom. The van der Waals surface area contributed by atoms with Gasteiger partial charge in [-0.3, -0.25) is 19.8 Å². The van der Waals surface area contributed by atoms with Gasteiger partial charge < -0.3 is 16.6 Å². The van der Waals surface area contributed by atoms with Crippen molar-refractivity contribution in [3.63, 3.8) is 0 Å². The van der Waals surface area contributed by atoms with Gasteiger partial charge in [-0.15, -0.1) is 0 Å². The molecule has 7 nitrogen and oxygen atoms in total. The zero-order valence-electron chi connectivity index (χ0n) is 10.7. The van der Waals surface area contributed by atoms with Crippen molar-refractivity contribution in [2.75, 3.05) is 19.6 Å². The summed E-state index contributed by atoms with van der Waals surface area (Å²) in [5.41, 5.74) is 9.94. The molecule has 0 aliphatic carbocycles. The van der Waals surface area contributed by atoms with Crippen LogP contribution in [0.2, 0.25) is 0 Å². The molecule has 0 aromatic rings. The molecule has 1 unspecified atom stereocenters. The fourth-order valence-electron chi connectivity index (χ4n) is 2.42.